The van der Waals surface area contributed by atoms with E-state index in [4.69, 9.17) is 11.0 Å². The number of hydrogen-bond donors (Lipinski definition) is 1. The van der Waals surface area contributed by atoms with Gasteiger partial charge in [-0.1, -0.05) is 30.3 Å². The van der Waals surface area contributed by atoms with E-state index in [0.29, 0.717) is 12.8 Å². The molecule has 0 aliphatic carbocycles. The number of aryl methyl sites for hydroxylation is 1. The Morgan fingerprint density at radius 3 is 2.63 bits per heavy atom. The number of carbonyl (C=O) groups excluding carboxylic acids is 1. The van der Waals surface area contributed by atoms with E-state index in [9.17, 15) is 4.79 Å². The summed E-state index contributed by atoms with van der Waals surface area (Å²) in [7, 11) is 1.70. The molecule has 0 aromatic heterocycles. The van der Waals surface area contributed by atoms with E-state index in [1.807, 2.05) is 37.3 Å². The van der Waals surface area contributed by atoms with Gasteiger partial charge in [0, 0.05) is 13.1 Å². The van der Waals surface area contributed by atoms with Gasteiger partial charge in [0.1, 0.15) is 0 Å². The SMILES string of the molecule is CC(CC#N)N(C)C(=O)[C@@H](N)CCc1ccccc1. The third-order valence-corrected chi connectivity index (χ3v) is 3.30. The molecule has 0 saturated carbocycles. The van der Waals surface area contributed by atoms with Crippen LogP contribution in [0.3, 0.4) is 0 Å². The van der Waals surface area contributed by atoms with Gasteiger partial charge < -0.3 is 10.6 Å². The van der Waals surface area contributed by atoms with Crippen LogP contribution in [0.5, 0.6) is 0 Å². The lowest BCUT2D eigenvalue weighted by molar-refractivity contribution is -0.133. The molecule has 0 bridgehead atoms. The predicted octanol–water partition coefficient (Wildman–Crippen LogP) is 1.71. The van der Waals surface area contributed by atoms with Crippen LogP contribution in [0, 0.1) is 11.3 Å². The molecule has 0 fully saturated rings. The van der Waals surface area contributed by atoms with Crippen molar-refractivity contribution in [1.29, 1.82) is 5.26 Å². The molecule has 1 unspecified atom stereocenters. The summed E-state index contributed by atoms with van der Waals surface area (Å²) in [4.78, 5) is 13.6. The van der Waals surface area contributed by atoms with Crippen molar-refractivity contribution in [2.45, 2.75) is 38.3 Å². The summed E-state index contributed by atoms with van der Waals surface area (Å²) in [6.07, 6.45) is 1.73. The fourth-order valence-corrected chi connectivity index (χ4v) is 1.84. The van der Waals surface area contributed by atoms with Gasteiger partial charge in [-0.15, -0.1) is 0 Å². The van der Waals surface area contributed by atoms with Crippen LogP contribution < -0.4 is 5.73 Å². The fourth-order valence-electron chi connectivity index (χ4n) is 1.84. The second kappa shape index (κ2) is 7.55. The van der Waals surface area contributed by atoms with Gasteiger partial charge in [0.15, 0.2) is 0 Å². The number of nitriles is 1. The fraction of sp³-hybridized carbons (Fsp3) is 0.467. The Labute approximate surface area is 114 Å². The van der Waals surface area contributed by atoms with Gasteiger partial charge in [0.25, 0.3) is 0 Å². The molecule has 1 aromatic carbocycles. The molecule has 19 heavy (non-hydrogen) atoms. The van der Waals surface area contributed by atoms with Crippen molar-refractivity contribution in [2.75, 3.05) is 7.05 Å². The molecule has 2 atom stereocenters. The Balaban J connectivity index is 2.47. The van der Waals surface area contributed by atoms with Crippen molar-refractivity contribution < 1.29 is 4.79 Å². The quantitative estimate of drug-likeness (QED) is 0.845. The third-order valence-electron chi connectivity index (χ3n) is 3.30. The van der Waals surface area contributed by atoms with E-state index < -0.39 is 6.04 Å². The average Bonchev–Trinajstić information content (AvgIpc) is 2.44. The molecule has 0 heterocycles. The van der Waals surface area contributed by atoms with Crippen LogP contribution in [-0.2, 0) is 11.2 Å². The first-order valence-corrected chi connectivity index (χ1v) is 6.49. The van der Waals surface area contributed by atoms with Gasteiger partial charge in [-0.2, -0.15) is 5.26 Å². The Morgan fingerprint density at radius 2 is 2.05 bits per heavy atom. The lowest BCUT2D eigenvalue weighted by atomic mass is 10.0. The zero-order valence-electron chi connectivity index (χ0n) is 11.5. The predicted molar refractivity (Wildman–Crippen MR) is 75.2 cm³/mol. The molecule has 1 rings (SSSR count). The van der Waals surface area contributed by atoms with Crippen LogP contribution in [0.25, 0.3) is 0 Å². The van der Waals surface area contributed by atoms with Crippen LogP contribution in [-0.4, -0.2) is 29.9 Å². The first-order valence-electron chi connectivity index (χ1n) is 6.49. The van der Waals surface area contributed by atoms with Crippen LogP contribution >= 0.6 is 0 Å². The first-order chi connectivity index (χ1) is 9.06. The van der Waals surface area contributed by atoms with Gasteiger partial charge in [-0.05, 0) is 25.3 Å². The van der Waals surface area contributed by atoms with E-state index in [1.54, 1.807) is 11.9 Å². The second-order valence-corrected chi connectivity index (χ2v) is 4.79. The van der Waals surface area contributed by atoms with Crippen molar-refractivity contribution in [3.8, 4) is 6.07 Å². The van der Waals surface area contributed by atoms with E-state index in [0.717, 1.165) is 6.42 Å². The standard InChI is InChI=1S/C15H21N3O/c1-12(10-11-16)18(2)15(19)14(17)9-8-13-6-4-3-5-7-13/h3-7,12,14H,8-10,17H2,1-2H3/t12?,14-/m0/s1. The Kier molecular flexibility index (Phi) is 6.04. The molecule has 4 heteroatoms. The van der Waals surface area contributed by atoms with E-state index in [1.165, 1.54) is 5.56 Å². The Morgan fingerprint density at radius 1 is 1.42 bits per heavy atom. The van der Waals surface area contributed by atoms with Gasteiger partial charge in [-0.25, -0.2) is 0 Å². The van der Waals surface area contributed by atoms with Crippen molar-refractivity contribution in [1.82, 2.24) is 4.90 Å². The molecule has 1 amide bonds. The normalized spacial score (nSPS) is 13.4. The minimum Gasteiger partial charge on any atom is -0.341 e. The minimum absolute atomic E-state index is 0.0970. The average molecular weight is 259 g/mol. The van der Waals surface area contributed by atoms with E-state index >= 15 is 0 Å². The highest BCUT2D eigenvalue weighted by Crippen LogP contribution is 2.08. The maximum atomic E-state index is 12.1. The minimum atomic E-state index is -0.508. The summed E-state index contributed by atoms with van der Waals surface area (Å²) in [5.74, 6) is -0.0984. The molecule has 0 aliphatic heterocycles. The molecular weight excluding hydrogens is 238 g/mol. The molecule has 0 radical (unpaired) electrons. The summed E-state index contributed by atoms with van der Waals surface area (Å²) in [6.45, 7) is 1.85. The molecule has 2 N–H and O–H groups in total. The van der Waals surface area contributed by atoms with Crippen molar-refractivity contribution in [3.05, 3.63) is 35.9 Å². The number of benzene rings is 1. The van der Waals surface area contributed by atoms with Crippen LogP contribution in [0.15, 0.2) is 30.3 Å². The molecule has 0 spiro atoms. The third kappa shape index (κ3) is 4.72. The van der Waals surface area contributed by atoms with Crippen molar-refractivity contribution in [2.24, 2.45) is 5.73 Å². The molecule has 0 saturated heterocycles. The Hall–Kier alpha value is -1.86. The largest absolute Gasteiger partial charge is 0.341 e. The smallest absolute Gasteiger partial charge is 0.239 e. The van der Waals surface area contributed by atoms with E-state index in [2.05, 4.69) is 6.07 Å². The van der Waals surface area contributed by atoms with Crippen LogP contribution in [0.4, 0.5) is 0 Å². The van der Waals surface area contributed by atoms with Crippen molar-refractivity contribution in [3.63, 3.8) is 0 Å². The summed E-state index contributed by atoms with van der Waals surface area (Å²) in [6, 6.07) is 11.4. The lowest BCUT2D eigenvalue weighted by Gasteiger charge is -2.26. The number of nitrogens with two attached hydrogens (primary N) is 1. The highest BCUT2D eigenvalue weighted by molar-refractivity contribution is 5.81. The highest BCUT2D eigenvalue weighted by Gasteiger charge is 2.21. The Bertz CT molecular complexity index is 438. The molecule has 1 aromatic rings. The molecule has 102 valence electrons. The summed E-state index contributed by atoms with van der Waals surface area (Å²) in [5, 5.41) is 8.64. The van der Waals surface area contributed by atoms with Crippen molar-refractivity contribution >= 4 is 5.91 Å². The number of carbonyl (C=O) groups is 1. The van der Waals surface area contributed by atoms with Gasteiger partial charge in [0.05, 0.1) is 18.5 Å². The lowest BCUT2D eigenvalue weighted by Crippen LogP contribution is -2.45. The van der Waals surface area contributed by atoms with Gasteiger partial charge in [-0.3, -0.25) is 4.79 Å². The number of likely N-dealkylation sites (N-methyl/N-ethyl adjacent to an activating group) is 1. The molecule has 4 nitrogen and oxygen atoms in total. The summed E-state index contributed by atoms with van der Waals surface area (Å²) >= 11 is 0. The van der Waals surface area contributed by atoms with Crippen LogP contribution in [0.1, 0.15) is 25.3 Å². The second-order valence-electron chi connectivity index (χ2n) is 4.79. The summed E-state index contributed by atoms with van der Waals surface area (Å²) < 4.78 is 0. The number of hydrogen-bond acceptors (Lipinski definition) is 3. The zero-order valence-corrected chi connectivity index (χ0v) is 11.5. The topological polar surface area (TPSA) is 70.1 Å². The van der Waals surface area contributed by atoms with Gasteiger partial charge in [0.2, 0.25) is 5.91 Å². The maximum absolute atomic E-state index is 12.1. The highest BCUT2D eigenvalue weighted by atomic mass is 16.2. The monoisotopic (exact) mass is 259 g/mol. The zero-order chi connectivity index (χ0) is 14.3. The maximum Gasteiger partial charge on any atom is 0.239 e. The number of amides is 1. The van der Waals surface area contributed by atoms with Gasteiger partial charge >= 0.3 is 0 Å². The number of nitrogens with zero attached hydrogens (tertiary/aromatic N) is 2. The molecular formula is C15H21N3O. The number of rotatable bonds is 6. The van der Waals surface area contributed by atoms with E-state index in [-0.39, 0.29) is 11.9 Å². The summed E-state index contributed by atoms with van der Waals surface area (Å²) in [5.41, 5.74) is 7.10. The molecule has 0 aliphatic rings. The van der Waals surface area contributed by atoms with Crippen LogP contribution in [0.2, 0.25) is 0 Å². The first kappa shape index (κ1) is 15.2.